The van der Waals surface area contributed by atoms with E-state index >= 15 is 0 Å². The van der Waals surface area contributed by atoms with Gasteiger partial charge in [-0.15, -0.1) is 11.3 Å². The summed E-state index contributed by atoms with van der Waals surface area (Å²) in [5.41, 5.74) is 3.24. The summed E-state index contributed by atoms with van der Waals surface area (Å²) in [6.45, 7) is 6.52. The quantitative estimate of drug-likeness (QED) is 0.624. The number of hydrogen-bond acceptors (Lipinski definition) is 5. The highest BCUT2D eigenvalue weighted by Gasteiger charge is 2.16. The molecule has 2 N–H and O–H groups in total. The number of benzene rings is 1. The highest BCUT2D eigenvalue weighted by Crippen LogP contribution is 2.25. The number of thiophene rings is 1. The molecule has 6 nitrogen and oxygen atoms in total. The first kappa shape index (κ1) is 21.2. The van der Waals surface area contributed by atoms with Crippen LogP contribution in [0.2, 0.25) is 0 Å². The van der Waals surface area contributed by atoms with E-state index in [1.807, 2.05) is 27.9 Å². The number of carbonyl (C=O) groups is 1. The topological polar surface area (TPSA) is 78.1 Å². The highest BCUT2D eigenvalue weighted by molar-refractivity contribution is 7.18. The molecule has 1 unspecified atom stereocenters. The summed E-state index contributed by atoms with van der Waals surface area (Å²) >= 11 is 1.52. The number of H-pyrrole nitrogens is 1. The molecule has 0 saturated carbocycles. The fraction of sp³-hybridized carbons (Fsp3) is 0.409. The second-order valence-electron chi connectivity index (χ2n) is 7.67. The molecule has 0 radical (unpaired) electrons. The van der Waals surface area contributed by atoms with E-state index in [-0.39, 0.29) is 23.9 Å². The Morgan fingerprint density at radius 2 is 1.90 bits per heavy atom. The lowest BCUT2D eigenvalue weighted by Crippen LogP contribution is -2.34. The average Bonchev–Trinajstić information content (AvgIpc) is 2.95. The minimum Gasteiger partial charge on any atom is -0.354 e. The van der Waals surface area contributed by atoms with Crippen LogP contribution < -0.4 is 10.9 Å². The zero-order valence-corrected chi connectivity index (χ0v) is 18.4. The van der Waals surface area contributed by atoms with Gasteiger partial charge in [0, 0.05) is 24.3 Å². The zero-order chi connectivity index (χ0) is 21.1. The minimum atomic E-state index is -0.126. The maximum absolute atomic E-state index is 12.4. The van der Waals surface area contributed by atoms with Gasteiger partial charge in [0.05, 0.1) is 11.4 Å². The molecule has 2 heterocycles. The summed E-state index contributed by atoms with van der Waals surface area (Å²) < 4.78 is 0. The third-order valence-electron chi connectivity index (χ3n) is 5.26. The van der Waals surface area contributed by atoms with Crippen LogP contribution >= 0.6 is 11.3 Å². The number of nitrogens with one attached hydrogen (secondary N) is 2. The first-order valence-electron chi connectivity index (χ1n) is 9.75. The number of rotatable bonds is 7. The summed E-state index contributed by atoms with van der Waals surface area (Å²) in [7, 11) is 4.01. The molecule has 3 rings (SSSR count). The van der Waals surface area contributed by atoms with Gasteiger partial charge in [-0.2, -0.15) is 0 Å². The molecule has 0 aliphatic carbocycles. The maximum Gasteiger partial charge on any atom is 0.259 e. The van der Waals surface area contributed by atoms with Crippen molar-refractivity contribution in [2.45, 2.75) is 39.7 Å². The number of nitrogens with zero attached hydrogens (tertiary/aromatic N) is 2. The van der Waals surface area contributed by atoms with Crippen LogP contribution in [0, 0.1) is 20.8 Å². The van der Waals surface area contributed by atoms with Crippen LogP contribution in [-0.2, 0) is 11.2 Å². The molecule has 1 aromatic carbocycles. The summed E-state index contributed by atoms with van der Waals surface area (Å²) in [6, 6.07) is 8.47. The minimum absolute atomic E-state index is 0.0507. The average molecular weight is 413 g/mol. The molecule has 2 aromatic heterocycles. The number of carbonyl (C=O) groups excluding carboxylic acids is 1. The largest absolute Gasteiger partial charge is 0.354 e. The lowest BCUT2D eigenvalue weighted by Gasteiger charge is -2.25. The molecular weight excluding hydrogens is 384 g/mol. The Morgan fingerprint density at radius 1 is 1.21 bits per heavy atom. The van der Waals surface area contributed by atoms with Gasteiger partial charge < -0.3 is 15.2 Å². The number of aromatic amines is 1. The Hall–Kier alpha value is -2.51. The molecule has 0 aliphatic rings. The number of amides is 1. The van der Waals surface area contributed by atoms with Crippen LogP contribution in [0.1, 0.15) is 39.9 Å². The first-order valence-corrected chi connectivity index (χ1v) is 10.6. The Balaban J connectivity index is 1.61. The third-order valence-corrected chi connectivity index (χ3v) is 6.36. The van der Waals surface area contributed by atoms with E-state index in [1.54, 1.807) is 0 Å². The Bertz CT molecular complexity index is 1070. The second kappa shape index (κ2) is 8.88. The van der Waals surface area contributed by atoms with Gasteiger partial charge in [0.15, 0.2) is 0 Å². The maximum atomic E-state index is 12.4. The van der Waals surface area contributed by atoms with E-state index in [2.05, 4.69) is 51.4 Å². The molecule has 0 bridgehead atoms. The van der Waals surface area contributed by atoms with E-state index in [1.165, 1.54) is 22.5 Å². The van der Waals surface area contributed by atoms with Crippen molar-refractivity contribution in [1.82, 2.24) is 20.2 Å². The molecule has 1 amide bonds. The summed E-state index contributed by atoms with van der Waals surface area (Å²) in [4.78, 5) is 36.0. The van der Waals surface area contributed by atoms with Crippen molar-refractivity contribution >= 4 is 27.5 Å². The number of fused-ring (bicyclic) bond motifs is 1. The number of aromatic nitrogens is 2. The molecule has 7 heteroatoms. The molecule has 154 valence electrons. The molecule has 29 heavy (non-hydrogen) atoms. The molecule has 0 spiro atoms. The first-order chi connectivity index (χ1) is 13.8. The lowest BCUT2D eigenvalue weighted by atomic mass is 10.0. The molecule has 1 atom stereocenters. The fourth-order valence-electron chi connectivity index (χ4n) is 3.34. The monoisotopic (exact) mass is 412 g/mol. The van der Waals surface area contributed by atoms with E-state index in [9.17, 15) is 9.59 Å². The highest BCUT2D eigenvalue weighted by atomic mass is 32.1. The van der Waals surface area contributed by atoms with Crippen LogP contribution in [0.15, 0.2) is 29.1 Å². The van der Waals surface area contributed by atoms with Gasteiger partial charge in [0.2, 0.25) is 5.91 Å². The molecule has 0 saturated heterocycles. The summed E-state index contributed by atoms with van der Waals surface area (Å²) in [5, 5.41) is 3.67. The number of aryl methyl sites for hydroxylation is 4. The SMILES string of the molecule is Cc1ccc(C(CNC(=O)CCc2nc3sc(C)c(C)c3c(=O)[nH]2)N(C)C)cc1. The van der Waals surface area contributed by atoms with Crippen molar-refractivity contribution in [3.8, 4) is 0 Å². The van der Waals surface area contributed by atoms with Crippen LogP contribution in [0.25, 0.3) is 10.2 Å². The van der Waals surface area contributed by atoms with E-state index in [0.717, 1.165) is 15.3 Å². The Kier molecular flexibility index (Phi) is 6.49. The van der Waals surface area contributed by atoms with Crippen molar-refractivity contribution in [1.29, 1.82) is 0 Å². The van der Waals surface area contributed by atoms with Crippen LogP contribution in [0.5, 0.6) is 0 Å². The Labute approximate surface area is 175 Å². The summed E-state index contributed by atoms with van der Waals surface area (Å²) in [5.74, 6) is 0.506. The van der Waals surface area contributed by atoms with Crippen molar-refractivity contribution in [3.05, 3.63) is 62.0 Å². The van der Waals surface area contributed by atoms with E-state index < -0.39 is 0 Å². The molecule has 3 aromatic rings. The second-order valence-corrected chi connectivity index (χ2v) is 8.87. The van der Waals surface area contributed by atoms with Gasteiger partial charge in [-0.25, -0.2) is 4.98 Å². The summed E-state index contributed by atoms with van der Waals surface area (Å²) in [6.07, 6.45) is 0.690. The van der Waals surface area contributed by atoms with Crippen molar-refractivity contribution in [2.75, 3.05) is 20.6 Å². The number of hydrogen-bond donors (Lipinski definition) is 2. The lowest BCUT2D eigenvalue weighted by molar-refractivity contribution is -0.121. The van der Waals surface area contributed by atoms with Crippen molar-refractivity contribution in [3.63, 3.8) is 0 Å². The van der Waals surface area contributed by atoms with Crippen LogP contribution in [0.4, 0.5) is 0 Å². The number of likely N-dealkylation sites (N-methyl/N-ethyl adjacent to an activating group) is 1. The van der Waals surface area contributed by atoms with E-state index in [4.69, 9.17) is 0 Å². The van der Waals surface area contributed by atoms with Crippen molar-refractivity contribution in [2.24, 2.45) is 0 Å². The van der Waals surface area contributed by atoms with Crippen LogP contribution in [0.3, 0.4) is 0 Å². The third kappa shape index (κ3) is 4.92. The van der Waals surface area contributed by atoms with Crippen LogP contribution in [-0.4, -0.2) is 41.4 Å². The molecule has 0 fully saturated rings. The van der Waals surface area contributed by atoms with Crippen molar-refractivity contribution < 1.29 is 4.79 Å². The smallest absolute Gasteiger partial charge is 0.259 e. The standard InChI is InChI=1S/C22H28N4O2S/c1-13-6-8-16(9-7-13)17(26(4)5)12-23-19(27)11-10-18-24-21(28)20-14(2)15(3)29-22(20)25-18/h6-9,17H,10-12H2,1-5H3,(H,23,27)(H,24,25,28). The normalized spacial score (nSPS) is 12.5. The van der Waals surface area contributed by atoms with Gasteiger partial charge in [0.1, 0.15) is 10.7 Å². The van der Waals surface area contributed by atoms with Gasteiger partial charge in [-0.1, -0.05) is 29.8 Å². The van der Waals surface area contributed by atoms with Gasteiger partial charge in [-0.3, -0.25) is 9.59 Å². The van der Waals surface area contributed by atoms with Gasteiger partial charge in [-0.05, 0) is 46.0 Å². The fourth-order valence-corrected chi connectivity index (χ4v) is 4.38. The van der Waals surface area contributed by atoms with Gasteiger partial charge in [0.25, 0.3) is 5.56 Å². The van der Waals surface area contributed by atoms with E-state index in [0.29, 0.717) is 24.2 Å². The predicted molar refractivity (Wildman–Crippen MR) is 119 cm³/mol. The van der Waals surface area contributed by atoms with Gasteiger partial charge >= 0.3 is 0 Å². The Morgan fingerprint density at radius 3 is 2.55 bits per heavy atom. The molecular formula is C22H28N4O2S. The predicted octanol–water partition coefficient (Wildman–Crippen LogP) is 3.26. The molecule has 0 aliphatic heterocycles. The zero-order valence-electron chi connectivity index (χ0n) is 17.6.